The number of nitrogens with zero attached hydrogens (tertiary/aromatic N) is 1. The largest absolute Gasteiger partial charge is 0.482 e. The highest BCUT2D eigenvalue weighted by molar-refractivity contribution is 6.05. The maximum Gasteiger partial charge on any atom is 0.344 e. The Hall–Kier alpha value is -3.35. The quantitative estimate of drug-likeness (QED) is 0.769. The van der Waals surface area contributed by atoms with Crippen molar-refractivity contribution in [2.45, 2.75) is 38.6 Å². The lowest BCUT2D eigenvalue weighted by atomic mass is 10.1. The first-order valence-electron chi connectivity index (χ1n) is 10.1. The second-order valence-electron chi connectivity index (χ2n) is 7.62. The molecule has 7 nitrogen and oxygen atoms in total. The van der Waals surface area contributed by atoms with E-state index in [1.807, 2.05) is 18.2 Å². The Morgan fingerprint density at radius 3 is 2.77 bits per heavy atom. The third kappa shape index (κ3) is 4.30. The molecule has 2 amide bonds. The summed E-state index contributed by atoms with van der Waals surface area (Å²) in [6.45, 7) is 1.11. The smallest absolute Gasteiger partial charge is 0.344 e. The number of benzene rings is 2. The van der Waals surface area contributed by atoms with E-state index in [0.717, 1.165) is 19.3 Å². The summed E-state index contributed by atoms with van der Waals surface area (Å²) in [6.07, 6.45) is 3.41. The van der Waals surface area contributed by atoms with Gasteiger partial charge in [0.1, 0.15) is 5.75 Å². The van der Waals surface area contributed by atoms with Gasteiger partial charge in [-0.3, -0.25) is 9.59 Å². The topological polar surface area (TPSA) is 84.9 Å². The summed E-state index contributed by atoms with van der Waals surface area (Å²) in [6, 6.07) is 12.6. The fraction of sp³-hybridized carbons (Fsp3) is 0.348. The summed E-state index contributed by atoms with van der Waals surface area (Å²) in [5.41, 5.74) is 3.74. The molecule has 156 valence electrons. The van der Waals surface area contributed by atoms with Crippen LogP contribution in [0, 0.1) is 0 Å². The molecule has 2 aromatic carbocycles. The standard InChI is InChI=1S/C23H24N2O5/c1-15-11-21(26)24-19-7-2-3-8-20(19)25(15)22(27)13-30-23(28)14-29-18-10-9-16-5-4-6-17(16)12-18/h2-3,7-10,12,15H,4-6,11,13-14H2,1H3,(H,24,26)/t15-/m0/s1. The van der Waals surface area contributed by atoms with Gasteiger partial charge in [0.15, 0.2) is 13.2 Å². The van der Waals surface area contributed by atoms with Crippen molar-refractivity contribution in [2.75, 3.05) is 23.4 Å². The zero-order valence-electron chi connectivity index (χ0n) is 16.8. The minimum atomic E-state index is -0.617. The lowest BCUT2D eigenvalue weighted by molar-refractivity contribution is -0.149. The lowest BCUT2D eigenvalue weighted by Gasteiger charge is -2.27. The van der Waals surface area contributed by atoms with Crippen molar-refractivity contribution < 1.29 is 23.9 Å². The molecule has 0 fully saturated rings. The van der Waals surface area contributed by atoms with Crippen LogP contribution < -0.4 is 15.0 Å². The molecule has 0 saturated heterocycles. The number of anilines is 2. The van der Waals surface area contributed by atoms with Crippen molar-refractivity contribution in [2.24, 2.45) is 0 Å². The highest BCUT2D eigenvalue weighted by Gasteiger charge is 2.30. The zero-order valence-corrected chi connectivity index (χ0v) is 16.8. The van der Waals surface area contributed by atoms with E-state index in [2.05, 4.69) is 5.32 Å². The van der Waals surface area contributed by atoms with E-state index in [1.165, 1.54) is 16.0 Å². The van der Waals surface area contributed by atoms with Crippen molar-refractivity contribution in [1.82, 2.24) is 0 Å². The van der Waals surface area contributed by atoms with E-state index in [-0.39, 0.29) is 25.0 Å². The molecule has 1 atom stereocenters. The number of esters is 1. The van der Waals surface area contributed by atoms with Gasteiger partial charge in [0.05, 0.1) is 11.4 Å². The van der Waals surface area contributed by atoms with Gasteiger partial charge in [-0.1, -0.05) is 18.2 Å². The molecule has 0 unspecified atom stereocenters. The summed E-state index contributed by atoms with van der Waals surface area (Å²) in [5, 5.41) is 2.80. The number of carbonyl (C=O) groups is 3. The average Bonchev–Trinajstić information content (AvgIpc) is 3.15. The van der Waals surface area contributed by atoms with Crippen molar-refractivity contribution in [3.05, 3.63) is 53.6 Å². The minimum absolute atomic E-state index is 0.162. The molecule has 1 heterocycles. The maximum absolute atomic E-state index is 12.8. The summed E-state index contributed by atoms with van der Waals surface area (Å²) in [5.74, 6) is -0.547. The SMILES string of the molecule is C[C@H]1CC(=O)Nc2ccccc2N1C(=O)COC(=O)COc1ccc2c(c1)CCC2. The number of para-hydroxylation sites is 2. The van der Waals surface area contributed by atoms with E-state index in [1.54, 1.807) is 31.2 Å². The molecule has 1 aliphatic heterocycles. The van der Waals surface area contributed by atoms with E-state index in [9.17, 15) is 14.4 Å². The first-order valence-corrected chi connectivity index (χ1v) is 10.1. The number of aryl methyl sites for hydroxylation is 2. The number of hydrogen-bond donors (Lipinski definition) is 1. The molecule has 0 radical (unpaired) electrons. The second-order valence-corrected chi connectivity index (χ2v) is 7.62. The van der Waals surface area contributed by atoms with Crippen LogP contribution in [0.15, 0.2) is 42.5 Å². The number of nitrogens with one attached hydrogen (secondary N) is 1. The number of carbonyl (C=O) groups excluding carboxylic acids is 3. The molecule has 4 rings (SSSR count). The van der Waals surface area contributed by atoms with Crippen LogP contribution in [0.2, 0.25) is 0 Å². The number of fused-ring (bicyclic) bond motifs is 2. The predicted molar refractivity (Wildman–Crippen MR) is 112 cm³/mol. The van der Waals surface area contributed by atoms with Gasteiger partial charge in [0.2, 0.25) is 5.91 Å². The summed E-state index contributed by atoms with van der Waals surface area (Å²) >= 11 is 0. The van der Waals surface area contributed by atoms with Crippen LogP contribution in [0.25, 0.3) is 0 Å². The molecular formula is C23H24N2O5. The zero-order chi connectivity index (χ0) is 21.1. The first-order chi connectivity index (χ1) is 14.5. The molecule has 30 heavy (non-hydrogen) atoms. The average molecular weight is 408 g/mol. The maximum atomic E-state index is 12.8. The highest BCUT2D eigenvalue weighted by Crippen LogP contribution is 2.31. The van der Waals surface area contributed by atoms with Gasteiger partial charge in [0, 0.05) is 12.5 Å². The minimum Gasteiger partial charge on any atom is -0.482 e. The number of rotatable bonds is 5. The van der Waals surface area contributed by atoms with Gasteiger partial charge in [-0.2, -0.15) is 0 Å². The summed E-state index contributed by atoms with van der Waals surface area (Å²) in [7, 11) is 0. The second kappa shape index (κ2) is 8.57. The predicted octanol–water partition coefficient (Wildman–Crippen LogP) is 2.86. The van der Waals surface area contributed by atoms with Crippen LogP contribution in [-0.4, -0.2) is 37.0 Å². The molecule has 0 saturated carbocycles. The van der Waals surface area contributed by atoms with Gasteiger partial charge in [-0.05, 0) is 61.6 Å². The Morgan fingerprint density at radius 2 is 1.90 bits per heavy atom. The Balaban J connectivity index is 1.34. The number of amides is 2. The molecular weight excluding hydrogens is 384 g/mol. The summed E-state index contributed by atoms with van der Waals surface area (Å²) < 4.78 is 10.7. The van der Waals surface area contributed by atoms with Crippen LogP contribution >= 0.6 is 0 Å². The Kier molecular flexibility index (Phi) is 5.70. The fourth-order valence-electron chi connectivity index (χ4n) is 4.00. The van der Waals surface area contributed by atoms with E-state index in [0.29, 0.717) is 17.1 Å². The summed E-state index contributed by atoms with van der Waals surface area (Å²) in [4.78, 5) is 38.4. The third-order valence-electron chi connectivity index (χ3n) is 5.41. The Morgan fingerprint density at radius 1 is 1.10 bits per heavy atom. The van der Waals surface area contributed by atoms with E-state index >= 15 is 0 Å². The van der Waals surface area contributed by atoms with E-state index < -0.39 is 18.5 Å². The van der Waals surface area contributed by atoms with Gasteiger partial charge in [0.25, 0.3) is 5.91 Å². The van der Waals surface area contributed by atoms with E-state index in [4.69, 9.17) is 9.47 Å². The van der Waals surface area contributed by atoms with Gasteiger partial charge >= 0.3 is 5.97 Å². The number of ether oxygens (including phenoxy) is 2. The first kappa shape index (κ1) is 19.9. The Bertz CT molecular complexity index is 987. The van der Waals surface area contributed by atoms with Crippen molar-refractivity contribution in [3.8, 4) is 5.75 Å². The van der Waals surface area contributed by atoms with Crippen molar-refractivity contribution in [1.29, 1.82) is 0 Å². The van der Waals surface area contributed by atoms with Crippen LogP contribution in [0.5, 0.6) is 5.75 Å². The molecule has 1 N–H and O–H groups in total. The van der Waals surface area contributed by atoms with Gasteiger partial charge in [-0.25, -0.2) is 4.79 Å². The van der Waals surface area contributed by atoms with Gasteiger partial charge < -0.3 is 19.7 Å². The Labute approximate surface area is 175 Å². The normalized spacial score (nSPS) is 17.4. The van der Waals surface area contributed by atoms with Gasteiger partial charge in [-0.15, -0.1) is 0 Å². The molecule has 0 bridgehead atoms. The third-order valence-corrected chi connectivity index (χ3v) is 5.41. The van der Waals surface area contributed by atoms with Crippen molar-refractivity contribution in [3.63, 3.8) is 0 Å². The molecule has 7 heteroatoms. The molecule has 0 aromatic heterocycles. The van der Waals surface area contributed by atoms with Crippen molar-refractivity contribution >= 4 is 29.2 Å². The van der Waals surface area contributed by atoms with Crippen LogP contribution in [0.1, 0.15) is 30.9 Å². The lowest BCUT2D eigenvalue weighted by Crippen LogP contribution is -2.41. The molecule has 2 aromatic rings. The highest BCUT2D eigenvalue weighted by atomic mass is 16.6. The molecule has 0 spiro atoms. The monoisotopic (exact) mass is 408 g/mol. The van der Waals surface area contributed by atoms with Crippen LogP contribution in [0.3, 0.4) is 0 Å². The number of hydrogen-bond acceptors (Lipinski definition) is 5. The van der Waals surface area contributed by atoms with Crippen LogP contribution in [-0.2, 0) is 32.0 Å². The molecule has 2 aliphatic rings. The fourth-order valence-corrected chi connectivity index (χ4v) is 4.00. The van der Waals surface area contributed by atoms with Crippen LogP contribution in [0.4, 0.5) is 11.4 Å². The molecule has 1 aliphatic carbocycles.